The molecule has 6 heteroatoms. The Kier molecular flexibility index (Phi) is 3.00. The third-order valence-corrected chi connectivity index (χ3v) is 0.504. The van der Waals surface area contributed by atoms with Gasteiger partial charge in [0, 0.05) is 4.91 Å². The fraction of sp³-hybridized carbons (Fsp3) is 0.333. The zero-order valence-corrected chi connectivity index (χ0v) is 4.19. The minimum Gasteiger partial charge on any atom is -0.294 e. The molecule has 1 atom stereocenters. The van der Waals surface area contributed by atoms with Crippen LogP contribution in [-0.2, 0) is 9.59 Å². The van der Waals surface area contributed by atoms with Crippen molar-refractivity contribution in [3.63, 3.8) is 0 Å². The number of hydrogen-bond acceptors (Lipinski definition) is 3. The number of aldehydes is 1. The van der Waals surface area contributed by atoms with Crippen molar-refractivity contribution >= 4 is 12.1 Å². The lowest BCUT2D eigenvalue weighted by atomic mass is 10.4. The minimum absolute atomic E-state index is 0.237. The number of azide groups is 1. The fourth-order valence-electron chi connectivity index (χ4n) is 0.158. The standard InChI is InChI=1S/C3H2FN3O2/c4-3(6-7-5)2(9)1-8/h1,3H. The maximum absolute atomic E-state index is 11.8. The van der Waals surface area contributed by atoms with E-state index in [4.69, 9.17) is 5.53 Å². The van der Waals surface area contributed by atoms with E-state index in [9.17, 15) is 14.0 Å². The largest absolute Gasteiger partial charge is 0.294 e. The minimum atomic E-state index is -2.37. The Labute approximate surface area is 49.1 Å². The molecule has 0 fully saturated rings. The van der Waals surface area contributed by atoms with Gasteiger partial charge in [0.2, 0.25) is 12.1 Å². The molecule has 0 aromatic rings. The molecule has 0 aliphatic carbocycles. The van der Waals surface area contributed by atoms with Crippen LogP contribution in [0.3, 0.4) is 0 Å². The maximum atomic E-state index is 11.8. The number of rotatable bonds is 3. The molecule has 0 radical (unpaired) electrons. The topological polar surface area (TPSA) is 82.9 Å². The van der Waals surface area contributed by atoms with E-state index < -0.39 is 12.1 Å². The predicted molar refractivity (Wildman–Crippen MR) is 25.1 cm³/mol. The summed E-state index contributed by atoms with van der Waals surface area (Å²) in [6.07, 6.45) is -2.60. The number of carbonyl (C=O) groups is 2. The number of hydrogen-bond donors (Lipinski definition) is 0. The van der Waals surface area contributed by atoms with Crippen LogP contribution in [0.4, 0.5) is 4.39 Å². The van der Waals surface area contributed by atoms with Crippen LogP contribution in [0.5, 0.6) is 0 Å². The molecule has 0 aliphatic heterocycles. The first-order chi connectivity index (χ1) is 4.22. The molecule has 0 amide bonds. The Morgan fingerprint density at radius 1 is 1.89 bits per heavy atom. The first-order valence-electron chi connectivity index (χ1n) is 1.89. The number of alkyl halides is 1. The van der Waals surface area contributed by atoms with E-state index in [2.05, 4.69) is 5.11 Å². The molecule has 0 aromatic carbocycles. The summed E-state index contributed by atoms with van der Waals surface area (Å²) in [7, 11) is 0. The van der Waals surface area contributed by atoms with Gasteiger partial charge in [0.1, 0.15) is 0 Å². The van der Waals surface area contributed by atoms with Gasteiger partial charge in [0.15, 0.2) is 6.29 Å². The Hall–Kier alpha value is -1.42. The third kappa shape index (κ3) is 2.40. The van der Waals surface area contributed by atoms with E-state index in [1.54, 1.807) is 0 Å². The van der Waals surface area contributed by atoms with Crippen molar-refractivity contribution in [3.05, 3.63) is 10.4 Å². The van der Waals surface area contributed by atoms with Crippen molar-refractivity contribution in [3.8, 4) is 0 Å². The van der Waals surface area contributed by atoms with E-state index in [1.807, 2.05) is 4.91 Å². The Bertz CT molecular complexity index is 174. The summed E-state index contributed by atoms with van der Waals surface area (Å²) in [5, 5.41) is 2.33. The molecule has 5 nitrogen and oxygen atoms in total. The summed E-state index contributed by atoms with van der Waals surface area (Å²) in [5.74, 6) is -1.37. The predicted octanol–water partition coefficient (Wildman–Crippen LogP) is 0.360. The molecule has 1 unspecified atom stereocenters. The highest BCUT2D eigenvalue weighted by Gasteiger charge is 2.12. The highest BCUT2D eigenvalue weighted by atomic mass is 19.1. The van der Waals surface area contributed by atoms with Crippen LogP contribution in [0.2, 0.25) is 0 Å². The van der Waals surface area contributed by atoms with Crippen molar-refractivity contribution in [2.75, 3.05) is 0 Å². The van der Waals surface area contributed by atoms with Gasteiger partial charge in [-0.2, -0.15) is 0 Å². The lowest BCUT2D eigenvalue weighted by Gasteiger charge is -1.86. The molecule has 0 aliphatic rings. The van der Waals surface area contributed by atoms with Gasteiger partial charge in [0.25, 0.3) is 0 Å². The van der Waals surface area contributed by atoms with Gasteiger partial charge in [-0.1, -0.05) is 0 Å². The summed E-state index contributed by atoms with van der Waals surface area (Å²) in [6.45, 7) is 0. The average Bonchev–Trinajstić information content (AvgIpc) is 1.87. The average molecular weight is 131 g/mol. The SMILES string of the molecule is [N-]=[N+]=NC(F)C(=O)C=O. The van der Waals surface area contributed by atoms with Gasteiger partial charge in [-0.05, 0) is 10.6 Å². The summed E-state index contributed by atoms with van der Waals surface area (Å²) in [4.78, 5) is 21.3. The van der Waals surface area contributed by atoms with Gasteiger partial charge in [-0.25, -0.2) is 4.39 Å². The maximum Gasteiger partial charge on any atom is 0.243 e. The first kappa shape index (κ1) is 7.58. The molecule has 0 bridgehead atoms. The summed E-state index contributed by atoms with van der Waals surface area (Å²) in [6, 6.07) is 0. The number of halogens is 1. The Morgan fingerprint density at radius 3 is 2.78 bits per heavy atom. The second-order valence-electron chi connectivity index (χ2n) is 1.06. The van der Waals surface area contributed by atoms with Gasteiger partial charge >= 0.3 is 0 Å². The zero-order valence-electron chi connectivity index (χ0n) is 4.19. The van der Waals surface area contributed by atoms with E-state index in [-0.39, 0.29) is 6.29 Å². The monoisotopic (exact) mass is 131 g/mol. The summed E-state index contributed by atoms with van der Waals surface area (Å²) >= 11 is 0. The molecule has 48 valence electrons. The van der Waals surface area contributed by atoms with Gasteiger partial charge in [-0.3, -0.25) is 9.59 Å². The summed E-state index contributed by atoms with van der Waals surface area (Å²) < 4.78 is 11.8. The van der Waals surface area contributed by atoms with Crippen LogP contribution in [0.25, 0.3) is 10.4 Å². The number of ketones is 1. The molecule has 0 N–H and O–H groups in total. The van der Waals surface area contributed by atoms with Gasteiger partial charge in [0.05, 0.1) is 0 Å². The van der Waals surface area contributed by atoms with Crippen LogP contribution in [0.1, 0.15) is 0 Å². The van der Waals surface area contributed by atoms with E-state index in [0.717, 1.165) is 0 Å². The highest BCUT2D eigenvalue weighted by molar-refractivity contribution is 6.26. The van der Waals surface area contributed by atoms with E-state index >= 15 is 0 Å². The molecule has 0 rings (SSSR count). The van der Waals surface area contributed by atoms with E-state index in [0.29, 0.717) is 0 Å². The van der Waals surface area contributed by atoms with Crippen molar-refractivity contribution in [1.29, 1.82) is 0 Å². The van der Waals surface area contributed by atoms with Crippen LogP contribution in [0.15, 0.2) is 5.11 Å². The van der Waals surface area contributed by atoms with Crippen molar-refractivity contribution < 1.29 is 14.0 Å². The summed E-state index contributed by atoms with van der Waals surface area (Å²) in [5.41, 5.74) is 7.53. The van der Waals surface area contributed by atoms with Gasteiger partial charge < -0.3 is 0 Å². The van der Waals surface area contributed by atoms with Crippen molar-refractivity contribution in [2.24, 2.45) is 5.11 Å². The molecule has 0 spiro atoms. The molecule has 0 heterocycles. The number of carbonyl (C=O) groups excluding carboxylic acids is 2. The first-order valence-corrected chi connectivity index (χ1v) is 1.89. The van der Waals surface area contributed by atoms with Gasteiger partial charge in [-0.15, -0.1) is 0 Å². The van der Waals surface area contributed by atoms with Crippen molar-refractivity contribution in [1.82, 2.24) is 0 Å². The quantitative estimate of drug-likeness (QED) is 0.138. The highest BCUT2D eigenvalue weighted by Crippen LogP contribution is 1.91. The second kappa shape index (κ2) is 3.57. The molecular weight excluding hydrogens is 129 g/mol. The molecule has 9 heavy (non-hydrogen) atoms. The van der Waals surface area contributed by atoms with Crippen LogP contribution >= 0.6 is 0 Å². The lowest BCUT2D eigenvalue weighted by molar-refractivity contribution is -0.133. The van der Waals surface area contributed by atoms with Crippen molar-refractivity contribution in [2.45, 2.75) is 6.30 Å². The lowest BCUT2D eigenvalue weighted by Crippen LogP contribution is -2.12. The molecule has 0 saturated carbocycles. The van der Waals surface area contributed by atoms with Crippen LogP contribution in [-0.4, -0.2) is 18.4 Å². The fourth-order valence-corrected chi connectivity index (χ4v) is 0.158. The molecule has 0 aromatic heterocycles. The number of nitrogens with zero attached hydrogens (tertiary/aromatic N) is 3. The van der Waals surface area contributed by atoms with Crippen LogP contribution in [0, 0.1) is 0 Å². The normalized spacial score (nSPS) is 11.2. The van der Waals surface area contributed by atoms with E-state index in [1.165, 1.54) is 0 Å². The Morgan fingerprint density at radius 2 is 2.44 bits per heavy atom. The number of Topliss-reactive ketones (excluding diaryl/α,β-unsaturated/α-hetero) is 1. The van der Waals surface area contributed by atoms with Crippen LogP contribution < -0.4 is 0 Å². The zero-order chi connectivity index (χ0) is 7.28. The molecular formula is C3H2FN3O2. The second-order valence-corrected chi connectivity index (χ2v) is 1.06. The smallest absolute Gasteiger partial charge is 0.243 e. The Balaban J connectivity index is 4.02. The molecule has 0 saturated heterocycles. The third-order valence-electron chi connectivity index (χ3n) is 0.504.